The number of carbonyl (C=O) groups is 2. The Labute approximate surface area is 299 Å². The smallest absolute Gasteiger partial charge is 0.306 e. The summed E-state index contributed by atoms with van der Waals surface area (Å²) in [5, 5.41) is 8.82. The van der Waals surface area contributed by atoms with Crippen LogP contribution < -0.4 is 0 Å². The molecule has 0 heterocycles. The van der Waals surface area contributed by atoms with Gasteiger partial charge in [0.15, 0.2) is 0 Å². The van der Waals surface area contributed by atoms with Crippen LogP contribution in [0.15, 0.2) is 36.5 Å². The van der Waals surface area contributed by atoms with Crippen molar-refractivity contribution in [1.29, 1.82) is 0 Å². The van der Waals surface area contributed by atoms with Gasteiger partial charge in [-0.15, -0.1) is 0 Å². The summed E-state index contributed by atoms with van der Waals surface area (Å²) >= 11 is 0. The number of carboxylic acids is 1. The standard InChI is InChI=1S/C44H80O4/c1-3-5-7-9-11-13-15-16-17-18-19-20-21-22-24-26-28-33-37-41-44(47)48-42(39-35-31-29-32-36-40-43(45)46)38-34-30-27-25-23-14-12-10-8-6-4-2/h5,7,11,13,16-17,42H,3-4,6,8-10,12,14-15,18-41H2,1-2H3,(H,45,46)/b7-5-,13-11-,17-16-. The average molecular weight is 673 g/mol. The van der Waals surface area contributed by atoms with Gasteiger partial charge in [-0.1, -0.05) is 179 Å². The second-order valence-electron chi connectivity index (χ2n) is 14.2. The minimum absolute atomic E-state index is 0.00118. The number of unbranched alkanes of at least 4 members (excludes halogenated alkanes) is 23. The summed E-state index contributed by atoms with van der Waals surface area (Å²) in [6.45, 7) is 4.44. The second-order valence-corrected chi connectivity index (χ2v) is 14.2. The average Bonchev–Trinajstić information content (AvgIpc) is 3.07. The molecule has 0 radical (unpaired) electrons. The van der Waals surface area contributed by atoms with Crippen molar-refractivity contribution in [1.82, 2.24) is 0 Å². The van der Waals surface area contributed by atoms with Crippen molar-refractivity contribution < 1.29 is 19.4 Å². The zero-order chi connectivity index (χ0) is 35.0. The summed E-state index contributed by atoms with van der Waals surface area (Å²) in [6, 6.07) is 0. The van der Waals surface area contributed by atoms with E-state index in [9.17, 15) is 9.59 Å². The quantitative estimate of drug-likeness (QED) is 0.0403. The molecule has 48 heavy (non-hydrogen) atoms. The zero-order valence-electron chi connectivity index (χ0n) is 32.0. The molecule has 0 bridgehead atoms. The Morgan fingerprint density at radius 3 is 1.35 bits per heavy atom. The van der Waals surface area contributed by atoms with Crippen molar-refractivity contribution in [3.8, 4) is 0 Å². The van der Waals surface area contributed by atoms with Gasteiger partial charge in [0.25, 0.3) is 0 Å². The highest BCUT2D eigenvalue weighted by atomic mass is 16.5. The van der Waals surface area contributed by atoms with Gasteiger partial charge in [0.05, 0.1) is 0 Å². The van der Waals surface area contributed by atoms with E-state index < -0.39 is 5.97 Å². The fourth-order valence-corrected chi connectivity index (χ4v) is 6.32. The normalized spacial score (nSPS) is 12.5. The summed E-state index contributed by atoms with van der Waals surface area (Å²) in [4.78, 5) is 23.4. The third kappa shape index (κ3) is 38.6. The molecule has 1 unspecified atom stereocenters. The van der Waals surface area contributed by atoms with Crippen LogP contribution in [0, 0.1) is 0 Å². The predicted molar refractivity (Wildman–Crippen MR) is 209 cm³/mol. The first-order valence-electron chi connectivity index (χ1n) is 21.0. The third-order valence-electron chi connectivity index (χ3n) is 9.38. The highest BCUT2D eigenvalue weighted by Crippen LogP contribution is 2.19. The molecule has 0 amide bonds. The maximum atomic E-state index is 12.7. The summed E-state index contributed by atoms with van der Waals surface area (Å²) < 4.78 is 6.01. The lowest BCUT2D eigenvalue weighted by Gasteiger charge is -2.18. The first kappa shape index (κ1) is 46.2. The van der Waals surface area contributed by atoms with Gasteiger partial charge in [-0.05, 0) is 70.6 Å². The van der Waals surface area contributed by atoms with E-state index in [1.807, 2.05) is 0 Å². The number of hydrogen-bond acceptors (Lipinski definition) is 3. The lowest BCUT2D eigenvalue weighted by molar-refractivity contribution is -0.150. The molecule has 1 N–H and O–H groups in total. The molecule has 0 aromatic heterocycles. The van der Waals surface area contributed by atoms with E-state index >= 15 is 0 Å². The van der Waals surface area contributed by atoms with Gasteiger partial charge in [0.2, 0.25) is 0 Å². The molecule has 0 fully saturated rings. The Kier molecular flexibility index (Phi) is 38.1. The molecule has 0 aliphatic rings. The van der Waals surface area contributed by atoms with Crippen LogP contribution in [0.1, 0.15) is 226 Å². The molecular formula is C44H80O4. The van der Waals surface area contributed by atoms with Crippen LogP contribution in [0.25, 0.3) is 0 Å². The Balaban J connectivity index is 3.96. The van der Waals surface area contributed by atoms with Crippen molar-refractivity contribution in [3.63, 3.8) is 0 Å². The highest BCUT2D eigenvalue weighted by Gasteiger charge is 2.14. The minimum Gasteiger partial charge on any atom is -0.481 e. The number of carbonyl (C=O) groups excluding carboxylic acids is 1. The van der Waals surface area contributed by atoms with Crippen molar-refractivity contribution in [2.24, 2.45) is 0 Å². The second kappa shape index (κ2) is 39.6. The third-order valence-corrected chi connectivity index (χ3v) is 9.38. The summed E-state index contributed by atoms with van der Waals surface area (Å²) in [5.41, 5.74) is 0. The predicted octanol–water partition coefficient (Wildman–Crippen LogP) is 14.6. The molecule has 0 spiro atoms. The van der Waals surface area contributed by atoms with Crippen molar-refractivity contribution in [2.75, 3.05) is 0 Å². The number of aliphatic carboxylic acids is 1. The molecule has 0 aromatic rings. The molecule has 0 saturated carbocycles. The fraction of sp³-hybridized carbons (Fsp3) is 0.818. The molecule has 4 nitrogen and oxygen atoms in total. The highest BCUT2D eigenvalue weighted by molar-refractivity contribution is 5.69. The molecule has 4 heteroatoms. The van der Waals surface area contributed by atoms with Crippen LogP contribution in [0.3, 0.4) is 0 Å². The number of carboxylic acid groups (broad SMARTS) is 1. The SMILES string of the molecule is CC/C=C\C/C=C\C/C=C\CCCCCCCCCCCC(=O)OC(CCCCCCCCCCCCC)CCCCCCCC(=O)O. The number of esters is 1. The Morgan fingerprint density at radius 1 is 0.479 bits per heavy atom. The summed E-state index contributed by atoms with van der Waals surface area (Å²) in [7, 11) is 0. The molecule has 0 saturated heterocycles. The van der Waals surface area contributed by atoms with Gasteiger partial charge in [-0.2, -0.15) is 0 Å². The van der Waals surface area contributed by atoms with Crippen molar-refractivity contribution >= 4 is 11.9 Å². The van der Waals surface area contributed by atoms with Crippen LogP contribution >= 0.6 is 0 Å². The van der Waals surface area contributed by atoms with Gasteiger partial charge in [-0.25, -0.2) is 0 Å². The first-order valence-corrected chi connectivity index (χ1v) is 21.0. The lowest BCUT2D eigenvalue weighted by Crippen LogP contribution is -2.18. The number of rotatable bonds is 38. The number of allylic oxidation sites excluding steroid dienone is 6. The van der Waals surface area contributed by atoms with Gasteiger partial charge in [0, 0.05) is 12.8 Å². The maximum absolute atomic E-state index is 12.7. The van der Waals surface area contributed by atoms with E-state index in [0.717, 1.165) is 83.5 Å². The molecule has 0 aliphatic carbocycles. The molecule has 1 atom stereocenters. The van der Waals surface area contributed by atoms with Gasteiger partial charge in [0.1, 0.15) is 6.10 Å². The topological polar surface area (TPSA) is 63.6 Å². The van der Waals surface area contributed by atoms with Crippen molar-refractivity contribution in [2.45, 2.75) is 232 Å². The van der Waals surface area contributed by atoms with Crippen LogP contribution in [0.2, 0.25) is 0 Å². The maximum Gasteiger partial charge on any atom is 0.306 e. The molecule has 0 rings (SSSR count). The zero-order valence-corrected chi connectivity index (χ0v) is 32.0. The van der Waals surface area contributed by atoms with E-state index in [1.165, 1.54) is 116 Å². The van der Waals surface area contributed by atoms with E-state index in [-0.39, 0.29) is 18.5 Å². The van der Waals surface area contributed by atoms with Gasteiger partial charge < -0.3 is 9.84 Å². The van der Waals surface area contributed by atoms with Crippen LogP contribution in [0.5, 0.6) is 0 Å². The van der Waals surface area contributed by atoms with Crippen LogP contribution in [-0.2, 0) is 14.3 Å². The largest absolute Gasteiger partial charge is 0.481 e. The Bertz CT molecular complexity index is 768. The van der Waals surface area contributed by atoms with Crippen LogP contribution in [0.4, 0.5) is 0 Å². The van der Waals surface area contributed by atoms with Crippen molar-refractivity contribution in [3.05, 3.63) is 36.5 Å². The van der Waals surface area contributed by atoms with E-state index in [0.29, 0.717) is 6.42 Å². The van der Waals surface area contributed by atoms with Gasteiger partial charge >= 0.3 is 11.9 Å². The fourth-order valence-electron chi connectivity index (χ4n) is 6.32. The molecule has 280 valence electrons. The lowest BCUT2D eigenvalue weighted by atomic mass is 10.0. The van der Waals surface area contributed by atoms with E-state index in [1.54, 1.807) is 0 Å². The molecular weight excluding hydrogens is 592 g/mol. The number of ether oxygens (including phenoxy) is 1. The van der Waals surface area contributed by atoms with E-state index in [2.05, 4.69) is 50.3 Å². The number of hydrogen-bond donors (Lipinski definition) is 1. The Hall–Kier alpha value is -1.84. The Morgan fingerprint density at radius 2 is 0.875 bits per heavy atom. The van der Waals surface area contributed by atoms with E-state index in [4.69, 9.17) is 9.84 Å². The summed E-state index contributed by atoms with van der Waals surface area (Å²) in [6.07, 6.45) is 51.7. The van der Waals surface area contributed by atoms with Gasteiger partial charge in [-0.3, -0.25) is 9.59 Å². The minimum atomic E-state index is -0.700. The van der Waals surface area contributed by atoms with Crippen LogP contribution in [-0.4, -0.2) is 23.1 Å². The molecule has 0 aliphatic heterocycles. The molecule has 0 aromatic carbocycles. The monoisotopic (exact) mass is 673 g/mol. The first-order chi connectivity index (χ1) is 23.6. The summed E-state index contributed by atoms with van der Waals surface area (Å²) in [5.74, 6) is -0.701.